The van der Waals surface area contributed by atoms with E-state index in [4.69, 9.17) is 14.6 Å². The summed E-state index contributed by atoms with van der Waals surface area (Å²) in [7, 11) is 3.23. The molecule has 0 saturated carbocycles. The minimum Gasteiger partial charge on any atom is -0.497 e. The van der Waals surface area contributed by atoms with Crippen LogP contribution in [-0.4, -0.2) is 61.9 Å². The van der Waals surface area contributed by atoms with Crippen LogP contribution in [0.5, 0.6) is 11.5 Å². The third kappa shape index (κ3) is 6.02. The van der Waals surface area contributed by atoms with Crippen LogP contribution < -0.4 is 20.1 Å². The molecule has 1 heterocycles. The summed E-state index contributed by atoms with van der Waals surface area (Å²) in [6.07, 6.45) is 2.18. The Bertz CT molecular complexity index is 593. The summed E-state index contributed by atoms with van der Waals surface area (Å²) in [6, 6.07) is 5.80. The number of carbonyl (C=O) groups is 2. The highest BCUT2D eigenvalue weighted by Gasteiger charge is 2.22. The van der Waals surface area contributed by atoms with Gasteiger partial charge in [0.25, 0.3) is 0 Å². The van der Waals surface area contributed by atoms with E-state index in [9.17, 15) is 9.59 Å². The van der Waals surface area contributed by atoms with Gasteiger partial charge in [-0.25, -0.2) is 4.79 Å². The number of urea groups is 1. The Labute approximate surface area is 153 Å². The average Bonchev–Trinajstić information content (AvgIpc) is 2.65. The Morgan fingerprint density at radius 1 is 1.15 bits per heavy atom. The lowest BCUT2D eigenvalue weighted by molar-refractivity contribution is -0.137. The normalized spacial score (nSPS) is 14.6. The summed E-state index contributed by atoms with van der Waals surface area (Å²) in [6.45, 7) is 1.69. The van der Waals surface area contributed by atoms with Gasteiger partial charge in [0.05, 0.1) is 14.2 Å². The van der Waals surface area contributed by atoms with Crippen LogP contribution in [0, 0.1) is 0 Å². The predicted octanol–water partition coefficient (Wildman–Crippen LogP) is 2.15. The van der Waals surface area contributed by atoms with E-state index in [-0.39, 0.29) is 18.5 Å². The van der Waals surface area contributed by atoms with Gasteiger partial charge < -0.3 is 30.1 Å². The number of nitrogens with one attached hydrogen (secondary N) is 2. The molecule has 8 heteroatoms. The lowest BCUT2D eigenvalue weighted by Crippen LogP contribution is -2.47. The fourth-order valence-corrected chi connectivity index (χ4v) is 2.90. The molecule has 1 aliphatic heterocycles. The molecule has 0 radical (unpaired) electrons. The maximum atomic E-state index is 12.1. The second-order valence-corrected chi connectivity index (χ2v) is 6.24. The predicted molar refractivity (Wildman–Crippen MR) is 98.0 cm³/mol. The molecule has 0 bridgehead atoms. The van der Waals surface area contributed by atoms with Crippen LogP contribution in [0.3, 0.4) is 0 Å². The monoisotopic (exact) mass is 365 g/mol. The number of carboxylic acid groups (broad SMARTS) is 1. The average molecular weight is 365 g/mol. The van der Waals surface area contributed by atoms with Gasteiger partial charge in [0, 0.05) is 56.0 Å². The number of aliphatic carboxylic acids is 1. The van der Waals surface area contributed by atoms with Gasteiger partial charge in [-0.05, 0) is 19.3 Å². The second kappa shape index (κ2) is 9.74. The van der Waals surface area contributed by atoms with E-state index in [2.05, 4.69) is 10.6 Å². The smallest absolute Gasteiger partial charge is 0.317 e. The van der Waals surface area contributed by atoms with Crippen LogP contribution in [0.1, 0.15) is 25.7 Å². The summed E-state index contributed by atoms with van der Waals surface area (Å²) in [4.78, 5) is 24.3. The van der Waals surface area contributed by atoms with Crippen LogP contribution in [0.25, 0.3) is 0 Å². The number of piperidine rings is 1. The first-order valence-electron chi connectivity index (χ1n) is 8.76. The molecule has 0 unspecified atom stereocenters. The standard InChI is InChI=1S/C18H27N3O5/c1-25-15-10-14(11-16(12-15)26-2)20-13-5-8-21(9-6-13)18(24)19-7-3-4-17(22)23/h10-13,20H,3-9H2,1-2H3,(H,19,24)(H,22,23). The van der Waals surface area contributed by atoms with E-state index in [0.717, 1.165) is 30.0 Å². The highest BCUT2D eigenvalue weighted by molar-refractivity contribution is 5.74. The molecule has 1 aromatic carbocycles. The summed E-state index contributed by atoms with van der Waals surface area (Å²) in [5.41, 5.74) is 0.928. The van der Waals surface area contributed by atoms with E-state index in [1.165, 1.54) is 0 Å². The van der Waals surface area contributed by atoms with Crippen molar-refractivity contribution in [2.24, 2.45) is 0 Å². The third-order valence-corrected chi connectivity index (χ3v) is 4.35. The van der Waals surface area contributed by atoms with Crippen LogP contribution in [-0.2, 0) is 4.79 Å². The Morgan fingerprint density at radius 3 is 2.31 bits per heavy atom. The topological polar surface area (TPSA) is 100 Å². The Hall–Kier alpha value is -2.64. The molecular formula is C18H27N3O5. The van der Waals surface area contributed by atoms with Gasteiger partial charge in [0.2, 0.25) is 0 Å². The van der Waals surface area contributed by atoms with Gasteiger partial charge in [0.1, 0.15) is 11.5 Å². The third-order valence-electron chi connectivity index (χ3n) is 4.35. The number of nitrogens with zero attached hydrogens (tertiary/aromatic N) is 1. The van der Waals surface area contributed by atoms with E-state index < -0.39 is 5.97 Å². The van der Waals surface area contributed by atoms with Gasteiger partial charge in [-0.1, -0.05) is 0 Å². The fourth-order valence-electron chi connectivity index (χ4n) is 2.90. The molecule has 0 spiro atoms. The van der Waals surface area contributed by atoms with Crippen LogP contribution >= 0.6 is 0 Å². The van der Waals surface area contributed by atoms with Crippen LogP contribution in [0.15, 0.2) is 18.2 Å². The Kier molecular flexibility index (Phi) is 7.37. The zero-order valence-electron chi connectivity index (χ0n) is 15.3. The maximum absolute atomic E-state index is 12.1. The lowest BCUT2D eigenvalue weighted by atomic mass is 10.0. The van der Waals surface area contributed by atoms with Crippen molar-refractivity contribution in [3.05, 3.63) is 18.2 Å². The van der Waals surface area contributed by atoms with Gasteiger partial charge >= 0.3 is 12.0 Å². The maximum Gasteiger partial charge on any atom is 0.317 e. The molecule has 8 nitrogen and oxygen atoms in total. The first kappa shape index (κ1) is 19.7. The highest BCUT2D eigenvalue weighted by atomic mass is 16.5. The van der Waals surface area contributed by atoms with E-state index in [1.54, 1.807) is 19.1 Å². The zero-order chi connectivity index (χ0) is 18.9. The van der Waals surface area contributed by atoms with Crippen molar-refractivity contribution >= 4 is 17.7 Å². The summed E-state index contributed by atoms with van der Waals surface area (Å²) >= 11 is 0. The van der Waals surface area contributed by atoms with Gasteiger partial charge in [-0.15, -0.1) is 0 Å². The van der Waals surface area contributed by atoms with Crippen molar-refractivity contribution in [1.29, 1.82) is 0 Å². The molecule has 1 aliphatic rings. The van der Waals surface area contributed by atoms with E-state index in [0.29, 0.717) is 26.1 Å². The van der Waals surface area contributed by atoms with Crippen molar-refractivity contribution in [1.82, 2.24) is 10.2 Å². The molecule has 1 fully saturated rings. The SMILES string of the molecule is COc1cc(NC2CCN(C(=O)NCCCC(=O)O)CC2)cc(OC)c1. The summed E-state index contributed by atoms with van der Waals surface area (Å²) in [5, 5.41) is 14.8. The number of carbonyl (C=O) groups excluding carboxylic acids is 1. The largest absolute Gasteiger partial charge is 0.497 e. The number of amides is 2. The first-order chi connectivity index (χ1) is 12.5. The highest BCUT2D eigenvalue weighted by Crippen LogP contribution is 2.27. The van der Waals surface area contributed by atoms with Crippen LogP contribution in [0.2, 0.25) is 0 Å². The van der Waals surface area contributed by atoms with Gasteiger partial charge in [0.15, 0.2) is 0 Å². The number of benzene rings is 1. The Morgan fingerprint density at radius 2 is 1.77 bits per heavy atom. The van der Waals surface area contributed by atoms with Crippen molar-refractivity contribution in [2.75, 3.05) is 39.2 Å². The molecule has 26 heavy (non-hydrogen) atoms. The van der Waals surface area contributed by atoms with E-state index in [1.807, 2.05) is 18.2 Å². The first-order valence-corrected chi connectivity index (χ1v) is 8.76. The lowest BCUT2D eigenvalue weighted by Gasteiger charge is -2.33. The number of carboxylic acids is 1. The summed E-state index contributed by atoms with van der Waals surface area (Å²) < 4.78 is 10.6. The summed E-state index contributed by atoms with van der Waals surface area (Å²) in [5.74, 6) is 0.607. The van der Waals surface area contributed by atoms with E-state index >= 15 is 0 Å². The number of likely N-dealkylation sites (tertiary alicyclic amines) is 1. The number of methoxy groups -OCH3 is 2. The molecule has 3 N–H and O–H groups in total. The zero-order valence-corrected chi connectivity index (χ0v) is 15.3. The van der Waals surface area contributed by atoms with Crippen molar-refractivity contribution in [3.63, 3.8) is 0 Å². The molecule has 2 amide bonds. The minimum atomic E-state index is -0.847. The second-order valence-electron chi connectivity index (χ2n) is 6.24. The van der Waals surface area contributed by atoms with Gasteiger partial charge in [-0.2, -0.15) is 0 Å². The molecule has 0 atom stereocenters. The molecule has 1 aromatic rings. The number of rotatable bonds is 8. The van der Waals surface area contributed by atoms with Crippen molar-refractivity contribution < 1.29 is 24.2 Å². The molecular weight excluding hydrogens is 338 g/mol. The number of hydrogen-bond acceptors (Lipinski definition) is 5. The Balaban J connectivity index is 1.77. The molecule has 0 aliphatic carbocycles. The minimum absolute atomic E-state index is 0.0657. The molecule has 0 aromatic heterocycles. The van der Waals surface area contributed by atoms with Crippen molar-refractivity contribution in [3.8, 4) is 11.5 Å². The van der Waals surface area contributed by atoms with Crippen molar-refractivity contribution in [2.45, 2.75) is 31.7 Å². The fraction of sp³-hybridized carbons (Fsp3) is 0.556. The number of anilines is 1. The molecule has 1 saturated heterocycles. The number of ether oxygens (including phenoxy) is 2. The number of hydrogen-bond donors (Lipinski definition) is 3. The quantitative estimate of drug-likeness (QED) is 0.611. The van der Waals surface area contributed by atoms with Gasteiger partial charge in [-0.3, -0.25) is 4.79 Å². The molecule has 144 valence electrons. The molecule has 2 rings (SSSR count). The van der Waals surface area contributed by atoms with Crippen LogP contribution in [0.4, 0.5) is 10.5 Å².